The molecule has 1 heterocycles. The molecule has 2 nitrogen and oxygen atoms in total. The lowest BCUT2D eigenvalue weighted by molar-refractivity contribution is 1.25. The molecule has 0 spiro atoms. The first-order chi connectivity index (χ1) is 10.3. The number of nitrogens with one attached hydrogen (secondary N) is 1. The number of aryl methyl sites for hydroxylation is 1. The minimum absolute atomic E-state index is 1.02. The Bertz CT molecular complexity index is 768. The van der Waals surface area contributed by atoms with E-state index in [9.17, 15) is 0 Å². The maximum absolute atomic E-state index is 4.68. The van der Waals surface area contributed by atoms with Crippen molar-refractivity contribution in [3.63, 3.8) is 0 Å². The molecule has 0 aliphatic rings. The molecule has 0 radical (unpaired) electrons. The molecule has 21 heavy (non-hydrogen) atoms. The maximum Gasteiger partial charge on any atom is 0.0939 e. The molecule has 0 bridgehead atoms. The average Bonchev–Trinajstić information content (AvgIpc) is 2.50. The number of rotatable bonds is 4. The first-order valence-electron chi connectivity index (χ1n) is 7.13. The van der Waals surface area contributed by atoms with Gasteiger partial charge in [-0.2, -0.15) is 0 Å². The summed E-state index contributed by atoms with van der Waals surface area (Å²) in [6, 6.07) is 18.8. The number of aromatic nitrogens is 1. The monoisotopic (exact) mass is 294 g/mol. The standard InChI is InChI=1S/C18H18N2S/c1-3-21-17-10-5-4-8-15(17)20-16-9-6-7-14-12-11-13(2)19-18(14)16/h4-12,20H,3H2,1-2H3. The van der Waals surface area contributed by atoms with Crippen molar-refractivity contribution in [1.82, 2.24) is 4.98 Å². The third-order valence-electron chi connectivity index (χ3n) is 3.32. The van der Waals surface area contributed by atoms with Crippen LogP contribution in [0, 0.1) is 6.92 Å². The SMILES string of the molecule is CCSc1ccccc1Nc1cccc2ccc(C)nc12. The van der Waals surface area contributed by atoms with E-state index in [1.165, 1.54) is 4.90 Å². The van der Waals surface area contributed by atoms with Crippen LogP contribution >= 0.6 is 11.8 Å². The van der Waals surface area contributed by atoms with Crippen LogP contribution in [-0.2, 0) is 0 Å². The van der Waals surface area contributed by atoms with Crippen LogP contribution in [0.5, 0.6) is 0 Å². The summed E-state index contributed by atoms with van der Waals surface area (Å²) in [6.07, 6.45) is 0. The van der Waals surface area contributed by atoms with Gasteiger partial charge in [-0.15, -0.1) is 11.8 Å². The van der Waals surface area contributed by atoms with Gasteiger partial charge in [-0.05, 0) is 36.9 Å². The fourth-order valence-electron chi connectivity index (χ4n) is 2.34. The van der Waals surface area contributed by atoms with Crippen LogP contribution in [0.3, 0.4) is 0 Å². The van der Waals surface area contributed by atoms with Crippen LogP contribution in [0.4, 0.5) is 11.4 Å². The van der Waals surface area contributed by atoms with Crippen molar-refractivity contribution < 1.29 is 0 Å². The van der Waals surface area contributed by atoms with Gasteiger partial charge in [0, 0.05) is 16.0 Å². The van der Waals surface area contributed by atoms with Crippen molar-refractivity contribution in [1.29, 1.82) is 0 Å². The summed E-state index contributed by atoms with van der Waals surface area (Å²) in [5.41, 5.74) is 4.25. The Kier molecular flexibility index (Phi) is 4.11. The Morgan fingerprint density at radius 3 is 2.62 bits per heavy atom. The first kappa shape index (κ1) is 14.0. The minimum Gasteiger partial charge on any atom is -0.353 e. The van der Waals surface area contributed by atoms with Crippen molar-refractivity contribution in [3.8, 4) is 0 Å². The highest BCUT2D eigenvalue weighted by Gasteiger charge is 2.06. The summed E-state index contributed by atoms with van der Waals surface area (Å²) in [7, 11) is 0. The van der Waals surface area contributed by atoms with Crippen molar-refractivity contribution in [2.24, 2.45) is 0 Å². The van der Waals surface area contributed by atoms with Gasteiger partial charge in [-0.1, -0.05) is 37.3 Å². The highest BCUT2D eigenvalue weighted by molar-refractivity contribution is 7.99. The Hall–Kier alpha value is -2.00. The number of para-hydroxylation sites is 2. The van der Waals surface area contributed by atoms with Gasteiger partial charge in [-0.25, -0.2) is 0 Å². The molecule has 2 aromatic carbocycles. The van der Waals surface area contributed by atoms with Gasteiger partial charge in [0.25, 0.3) is 0 Å². The summed E-state index contributed by atoms with van der Waals surface area (Å²) < 4.78 is 0. The van der Waals surface area contributed by atoms with Gasteiger partial charge in [-0.3, -0.25) is 4.98 Å². The quantitative estimate of drug-likeness (QED) is 0.652. The summed E-state index contributed by atoms with van der Waals surface area (Å²) in [5, 5.41) is 4.70. The molecule has 0 fully saturated rings. The fraction of sp³-hybridized carbons (Fsp3) is 0.167. The summed E-state index contributed by atoms with van der Waals surface area (Å²) in [5.74, 6) is 1.06. The Labute approximate surface area is 129 Å². The van der Waals surface area contributed by atoms with Crippen LogP contribution in [0.25, 0.3) is 10.9 Å². The van der Waals surface area contributed by atoms with Crippen LogP contribution in [0.1, 0.15) is 12.6 Å². The van der Waals surface area contributed by atoms with Crippen LogP contribution in [0.2, 0.25) is 0 Å². The summed E-state index contributed by atoms with van der Waals surface area (Å²) >= 11 is 1.85. The molecule has 3 aromatic rings. The number of pyridine rings is 1. The highest BCUT2D eigenvalue weighted by Crippen LogP contribution is 2.31. The maximum atomic E-state index is 4.68. The molecule has 0 aliphatic heterocycles. The smallest absolute Gasteiger partial charge is 0.0939 e. The molecule has 0 saturated heterocycles. The van der Waals surface area contributed by atoms with Crippen molar-refractivity contribution in [2.45, 2.75) is 18.7 Å². The number of fused-ring (bicyclic) bond motifs is 1. The lowest BCUT2D eigenvalue weighted by atomic mass is 10.1. The number of thioether (sulfide) groups is 1. The number of anilines is 2. The van der Waals surface area contributed by atoms with Gasteiger partial charge >= 0.3 is 0 Å². The molecule has 0 saturated carbocycles. The topological polar surface area (TPSA) is 24.9 Å². The fourth-order valence-corrected chi connectivity index (χ4v) is 3.10. The second-order valence-corrected chi connectivity index (χ2v) is 6.19. The third kappa shape index (κ3) is 3.03. The van der Waals surface area contributed by atoms with E-state index in [0.29, 0.717) is 0 Å². The lowest BCUT2D eigenvalue weighted by Gasteiger charge is -2.13. The first-order valence-corrected chi connectivity index (χ1v) is 8.11. The van der Waals surface area contributed by atoms with Gasteiger partial charge in [0.2, 0.25) is 0 Å². The molecule has 3 heteroatoms. The Morgan fingerprint density at radius 1 is 0.952 bits per heavy atom. The zero-order valence-corrected chi connectivity index (χ0v) is 13.1. The van der Waals surface area contributed by atoms with Gasteiger partial charge in [0.05, 0.1) is 16.9 Å². The van der Waals surface area contributed by atoms with Gasteiger partial charge in [0.1, 0.15) is 0 Å². The zero-order valence-electron chi connectivity index (χ0n) is 12.3. The van der Waals surface area contributed by atoms with E-state index < -0.39 is 0 Å². The highest BCUT2D eigenvalue weighted by atomic mass is 32.2. The normalized spacial score (nSPS) is 10.8. The average molecular weight is 294 g/mol. The summed E-state index contributed by atoms with van der Waals surface area (Å²) in [6.45, 7) is 4.20. The van der Waals surface area contributed by atoms with Crippen LogP contribution < -0.4 is 5.32 Å². The second-order valence-electron chi connectivity index (χ2n) is 4.88. The van der Waals surface area contributed by atoms with Crippen molar-refractivity contribution >= 4 is 34.0 Å². The van der Waals surface area contributed by atoms with Gasteiger partial charge in [0.15, 0.2) is 0 Å². The molecule has 0 aliphatic carbocycles. The molecular weight excluding hydrogens is 276 g/mol. The summed E-state index contributed by atoms with van der Waals surface area (Å²) in [4.78, 5) is 5.95. The molecule has 106 valence electrons. The predicted molar refractivity (Wildman–Crippen MR) is 92.6 cm³/mol. The molecular formula is C18H18N2S. The molecule has 0 atom stereocenters. The number of benzene rings is 2. The second kappa shape index (κ2) is 6.19. The number of hydrogen-bond acceptors (Lipinski definition) is 3. The molecule has 3 rings (SSSR count). The molecule has 1 N–H and O–H groups in total. The lowest BCUT2D eigenvalue weighted by Crippen LogP contribution is -1.95. The predicted octanol–water partition coefficient (Wildman–Crippen LogP) is 5.40. The van der Waals surface area contributed by atoms with E-state index in [1.807, 2.05) is 24.8 Å². The van der Waals surface area contributed by atoms with E-state index in [4.69, 9.17) is 0 Å². The van der Waals surface area contributed by atoms with Crippen molar-refractivity contribution in [2.75, 3.05) is 11.1 Å². The minimum atomic E-state index is 1.02. The Balaban J connectivity index is 2.04. The van der Waals surface area contributed by atoms with Crippen LogP contribution in [0.15, 0.2) is 59.5 Å². The van der Waals surface area contributed by atoms with E-state index in [-0.39, 0.29) is 0 Å². The van der Waals surface area contributed by atoms with E-state index in [2.05, 4.69) is 65.8 Å². The third-order valence-corrected chi connectivity index (χ3v) is 4.27. The van der Waals surface area contributed by atoms with Crippen molar-refractivity contribution in [3.05, 3.63) is 60.3 Å². The van der Waals surface area contributed by atoms with Gasteiger partial charge < -0.3 is 5.32 Å². The van der Waals surface area contributed by atoms with E-state index in [0.717, 1.165) is 33.7 Å². The molecule has 0 amide bonds. The zero-order chi connectivity index (χ0) is 14.7. The molecule has 0 unspecified atom stereocenters. The van der Waals surface area contributed by atoms with E-state index >= 15 is 0 Å². The van der Waals surface area contributed by atoms with E-state index in [1.54, 1.807) is 0 Å². The van der Waals surface area contributed by atoms with Crippen LogP contribution in [-0.4, -0.2) is 10.7 Å². The molecule has 1 aromatic heterocycles. The number of hydrogen-bond donors (Lipinski definition) is 1. The number of nitrogens with zero attached hydrogens (tertiary/aromatic N) is 1. The largest absolute Gasteiger partial charge is 0.353 e. The Morgan fingerprint density at radius 2 is 1.76 bits per heavy atom.